The van der Waals surface area contributed by atoms with Gasteiger partial charge in [0.25, 0.3) is 5.91 Å². The van der Waals surface area contributed by atoms with Crippen LogP contribution in [0, 0.1) is 0 Å². The number of benzene rings is 3. The first-order valence-corrected chi connectivity index (χ1v) is 10.3. The van der Waals surface area contributed by atoms with Gasteiger partial charge in [0.2, 0.25) is 0 Å². The van der Waals surface area contributed by atoms with E-state index < -0.39 is 11.9 Å². The van der Waals surface area contributed by atoms with E-state index in [4.69, 9.17) is 16.3 Å². The highest BCUT2D eigenvalue weighted by molar-refractivity contribution is 9.10. The Kier molecular flexibility index (Phi) is 5.88. The third-order valence-corrected chi connectivity index (χ3v) is 5.25. The number of carbonyl (C=O) groups is 2. The minimum atomic E-state index is -0.497. The van der Waals surface area contributed by atoms with Crippen LogP contribution in [0.25, 0.3) is 6.08 Å². The number of nitrogens with one attached hydrogen (secondary N) is 1. The van der Waals surface area contributed by atoms with E-state index in [2.05, 4.69) is 21.2 Å². The number of ether oxygens (including phenoxy) is 1. The summed E-state index contributed by atoms with van der Waals surface area (Å²) >= 11 is 9.28. The summed E-state index contributed by atoms with van der Waals surface area (Å²) in [5.74, 6) is 0.294. The van der Waals surface area contributed by atoms with Crippen molar-refractivity contribution in [3.63, 3.8) is 0 Å². The molecule has 0 unspecified atom stereocenters. The van der Waals surface area contributed by atoms with Crippen molar-refractivity contribution in [3.8, 4) is 5.75 Å². The molecule has 0 aliphatic carbocycles. The predicted molar refractivity (Wildman–Crippen MR) is 120 cm³/mol. The summed E-state index contributed by atoms with van der Waals surface area (Å²) < 4.78 is 6.81. The molecule has 1 aliphatic heterocycles. The van der Waals surface area contributed by atoms with Crippen molar-refractivity contribution in [1.82, 2.24) is 5.32 Å². The summed E-state index contributed by atoms with van der Waals surface area (Å²) in [6, 6.07) is 21.2. The molecule has 3 aromatic carbocycles. The van der Waals surface area contributed by atoms with E-state index in [0.29, 0.717) is 23.1 Å². The SMILES string of the molecule is O=C1N/C(=C/c2ccc(OCc3ccc(Br)cc3)cc2)C(=O)N1c1ccc(Cl)cc1. The monoisotopic (exact) mass is 482 g/mol. The van der Waals surface area contributed by atoms with Crippen LogP contribution in [0.4, 0.5) is 10.5 Å². The highest BCUT2D eigenvalue weighted by Crippen LogP contribution is 2.24. The molecule has 1 saturated heterocycles. The van der Waals surface area contributed by atoms with Crippen LogP contribution in [0.5, 0.6) is 5.75 Å². The molecule has 150 valence electrons. The number of hydrogen-bond donors (Lipinski definition) is 1. The van der Waals surface area contributed by atoms with Gasteiger partial charge in [-0.1, -0.05) is 51.8 Å². The van der Waals surface area contributed by atoms with Gasteiger partial charge in [-0.2, -0.15) is 0 Å². The lowest BCUT2D eigenvalue weighted by molar-refractivity contribution is -0.113. The molecule has 3 aromatic rings. The summed E-state index contributed by atoms with van der Waals surface area (Å²) in [7, 11) is 0. The van der Waals surface area contributed by atoms with Crippen LogP contribution in [-0.2, 0) is 11.4 Å². The Bertz CT molecular complexity index is 1110. The van der Waals surface area contributed by atoms with Crippen molar-refractivity contribution < 1.29 is 14.3 Å². The average molecular weight is 484 g/mol. The first-order chi connectivity index (χ1) is 14.5. The van der Waals surface area contributed by atoms with Crippen LogP contribution in [0.3, 0.4) is 0 Å². The minimum absolute atomic E-state index is 0.207. The predicted octanol–water partition coefficient (Wildman–Crippen LogP) is 5.78. The van der Waals surface area contributed by atoms with Gasteiger partial charge in [-0.15, -0.1) is 0 Å². The maximum atomic E-state index is 12.7. The molecule has 0 bridgehead atoms. The molecule has 4 rings (SSSR count). The number of anilines is 1. The Morgan fingerprint density at radius 1 is 0.933 bits per heavy atom. The van der Waals surface area contributed by atoms with Crippen LogP contribution >= 0.6 is 27.5 Å². The molecule has 1 fully saturated rings. The Hall–Kier alpha value is -3.09. The first-order valence-electron chi connectivity index (χ1n) is 9.09. The van der Waals surface area contributed by atoms with E-state index >= 15 is 0 Å². The van der Waals surface area contributed by atoms with Gasteiger partial charge in [-0.25, -0.2) is 9.69 Å². The maximum absolute atomic E-state index is 12.7. The van der Waals surface area contributed by atoms with Gasteiger partial charge in [0.15, 0.2) is 0 Å². The zero-order valence-electron chi connectivity index (χ0n) is 15.6. The van der Waals surface area contributed by atoms with E-state index in [0.717, 1.165) is 20.5 Å². The second kappa shape index (κ2) is 8.73. The van der Waals surface area contributed by atoms with Gasteiger partial charge in [0.05, 0.1) is 5.69 Å². The van der Waals surface area contributed by atoms with Gasteiger partial charge in [0, 0.05) is 9.50 Å². The molecule has 30 heavy (non-hydrogen) atoms. The summed E-state index contributed by atoms with van der Waals surface area (Å²) in [4.78, 5) is 26.0. The average Bonchev–Trinajstić information content (AvgIpc) is 3.02. The highest BCUT2D eigenvalue weighted by Gasteiger charge is 2.34. The normalized spacial score (nSPS) is 14.9. The zero-order chi connectivity index (χ0) is 21.1. The number of amides is 3. The summed E-state index contributed by atoms with van der Waals surface area (Å²) in [5.41, 5.74) is 2.50. The third-order valence-electron chi connectivity index (χ3n) is 4.47. The Morgan fingerprint density at radius 3 is 2.27 bits per heavy atom. The molecule has 7 heteroatoms. The fraction of sp³-hybridized carbons (Fsp3) is 0.0435. The number of carbonyl (C=O) groups excluding carboxylic acids is 2. The molecule has 0 saturated carbocycles. The highest BCUT2D eigenvalue weighted by atomic mass is 79.9. The van der Waals surface area contributed by atoms with Gasteiger partial charge >= 0.3 is 6.03 Å². The lowest BCUT2D eigenvalue weighted by atomic mass is 10.2. The fourth-order valence-corrected chi connectivity index (χ4v) is 3.32. The molecule has 5 nitrogen and oxygen atoms in total. The van der Waals surface area contributed by atoms with Crippen molar-refractivity contribution in [3.05, 3.63) is 99.1 Å². The summed E-state index contributed by atoms with van der Waals surface area (Å²) in [6.45, 7) is 0.457. The Balaban J connectivity index is 1.44. The number of nitrogens with zero attached hydrogens (tertiary/aromatic N) is 1. The third kappa shape index (κ3) is 4.56. The van der Waals surface area contributed by atoms with Gasteiger partial charge in [-0.05, 0) is 65.7 Å². The second-order valence-electron chi connectivity index (χ2n) is 6.59. The lowest BCUT2D eigenvalue weighted by Gasteiger charge is -2.11. The number of imide groups is 1. The lowest BCUT2D eigenvalue weighted by Crippen LogP contribution is -2.30. The molecule has 1 N–H and O–H groups in total. The first kappa shape index (κ1) is 20.2. The molecular weight excluding hydrogens is 468 g/mol. The number of rotatable bonds is 5. The van der Waals surface area contributed by atoms with E-state index in [9.17, 15) is 9.59 Å². The number of hydrogen-bond acceptors (Lipinski definition) is 3. The Morgan fingerprint density at radius 2 is 1.60 bits per heavy atom. The summed E-state index contributed by atoms with van der Waals surface area (Å²) in [5, 5.41) is 3.14. The molecule has 1 heterocycles. The molecule has 0 spiro atoms. The van der Waals surface area contributed by atoms with Crippen LogP contribution in [0.2, 0.25) is 5.02 Å². The van der Waals surface area contributed by atoms with Crippen LogP contribution in [0.15, 0.2) is 83.0 Å². The van der Waals surface area contributed by atoms with Crippen molar-refractivity contribution >= 4 is 51.2 Å². The van der Waals surface area contributed by atoms with Gasteiger partial charge in [-0.3, -0.25) is 4.79 Å². The Labute approximate surface area is 187 Å². The van der Waals surface area contributed by atoms with Crippen molar-refractivity contribution in [2.75, 3.05) is 4.90 Å². The number of urea groups is 1. The molecular formula is C23H16BrClN2O3. The van der Waals surface area contributed by atoms with Crippen LogP contribution < -0.4 is 15.0 Å². The summed E-state index contributed by atoms with van der Waals surface area (Å²) in [6.07, 6.45) is 1.63. The zero-order valence-corrected chi connectivity index (χ0v) is 18.0. The largest absolute Gasteiger partial charge is 0.489 e. The van der Waals surface area contributed by atoms with Crippen molar-refractivity contribution in [1.29, 1.82) is 0 Å². The standard InChI is InChI=1S/C23H16BrClN2O3/c24-17-5-1-16(2-6-17)14-30-20-11-3-15(4-12-20)13-21-22(28)27(23(29)26-21)19-9-7-18(25)8-10-19/h1-13H,14H2,(H,26,29)/b21-13+. The van der Waals surface area contributed by atoms with E-state index in [-0.39, 0.29) is 5.70 Å². The molecule has 1 aliphatic rings. The second-order valence-corrected chi connectivity index (χ2v) is 7.94. The van der Waals surface area contributed by atoms with Gasteiger partial charge in [0.1, 0.15) is 18.1 Å². The van der Waals surface area contributed by atoms with Crippen molar-refractivity contribution in [2.45, 2.75) is 6.61 Å². The molecule has 0 aromatic heterocycles. The minimum Gasteiger partial charge on any atom is -0.489 e. The smallest absolute Gasteiger partial charge is 0.333 e. The maximum Gasteiger partial charge on any atom is 0.333 e. The van der Waals surface area contributed by atoms with E-state index in [1.54, 1.807) is 30.3 Å². The van der Waals surface area contributed by atoms with E-state index in [1.807, 2.05) is 48.5 Å². The van der Waals surface area contributed by atoms with Crippen molar-refractivity contribution in [2.24, 2.45) is 0 Å². The van der Waals surface area contributed by atoms with E-state index in [1.165, 1.54) is 0 Å². The quantitative estimate of drug-likeness (QED) is 0.370. The topological polar surface area (TPSA) is 58.6 Å². The fourth-order valence-electron chi connectivity index (χ4n) is 2.93. The molecule has 0 radical (unpaired) electrons. The number of halogens is 2. The molecule has 3 amide bonds. The van der Waals surface area contributed by atoms with Crippen LogP contribution in [0.1, 0.15) is 11.1 Å². The molecule has 0 atom stereocenters. The van der Waals surface area contributed by atoms with Crippen LogP contribution in [-0.4, -0.2) is 11.9 Å². The van der Waals surface area contributed by atoms with Gasteiger partial charge < -0.3 is 10.1 Å².